The molecule has 1 aromatic heterocycles. The number of nitrogens with one attached hydrogen (secondary N) is 1. The fraction of sp³-hybridized carbons (Fsp3) is 0.0833. The number of hydrogen-bond acceptors (Lipinski definition) is 6. The number of primary sulfonamides is 1. The van der Waals surface area contributed by atoms with Crippen molar-refractivity contribution in [3.05, 3.63) is 47.9 Å². The second-order valence-electron chi connectivity index (χ2n) is 4.16. The van der Waals surface area contributed by atoms with Crippen molar-refractivity contribution in [3.63, 3.8) is 0 Å². The minimum absolute atomic E-state index is 0.0644. The molecule has 0 amide bonds. The Labute approximate surface area is 127 Å². The second-order valence-corrected chi connectivity index (χ2v) is 6.16. The molecule has 0 spiro atoms. The Balaban J connectivity index is 2.12. The molecule has 0 saturated carbocycles. The molecule has 0 aliphatic heterocycles. The zero-order valence-electron chi connectivity index (χ0n) is 10.9. The molecule has 1 aromatic carbocycles. The number of aromatic nitrogens is 2. The molecular weight excluding hydrogens is 310 g/mol. The predicted octanol–water partition coefficient (Wildman–Crippen LogP) is 0.370. The Hall–Kier alpha value is -2.10. The van der Waals surface area contributed by atoms with E-state index in [1.807, 2.05) is 0 Å². The molecule has 0 radical (unpaired) electrons. The van der Waals surface area contributed by atoms with Crippen LogP contribution in [0.15, 0.2) is 41.6 Å². The van der Waals surface area contributed by atoms with Crippen LogP contribution in [-0.2, 0) is 16.6 Å². The average molecular weight is 323 g/mol. The summed E-state index contributed by atoms with van der Waals surface area (Å²) in [5, 5.41) is 8.08. The van der Waals surface area contributed by atoms with E-state index < -0.39 is 10.0 Å². The third kappa shape index (κ3) is 3.94. The maximum atomic E-state index is 11.2. The van der Waals surface area contributed by atoms with Gasteiger partial charge in [-0.1, -0.05) is 24.4 Å². The summed E-state index contributed by atoms with van der Waals surface area (Å²) < 4.78 is 22.3. The topological polar surface area (TPSA) is 124 Å². The number of sulfonamides is 1. The van der Waals surface area contributed by atoms with E-state index in [0.29, 0.717) is 18.1 Å². The molecule has 2 aromatic rings. The van der Waals surface area contributed by atoms with Gasteiger partial charge in [-0.25, -0.2) is 23.5 Å². The molecule has 0 aliphatic rings. The summed E-state index contributed by atoms with van der Waals surface area (Å²) in [5.74, 6) is 0.473. The van der Waals surface area contributed by atoms with Crippen LogP contribution >= 0.6 is 12.2 Å². The molecule has 9 heteroatoms. The van der Waals surface area contributed by atoms with Crippen LogP contribution in [0.25, 0.3) is 0 Å². The minimum Gasteiger partial charge on any atom is -0.388 e. The van der Waals surface area contributed by atoms with E-state index in [1.54, 1.807) is 12.1 Å². The van der Waals surface area contributed by atoms with Crippen molar-refractivity contribution < 1.29 is 8.42 Å². The molecule has 0 saturated heterocycles. The molecule has 2 rings (SSSR count). The number of thiocarbonyl (C=S) groups is 1. The molecule has 110 valence electrons. The molecule has 0 fully saturated rings. The van der Waals surface area contributed by atoms with Gasteiger partial charge in [-0.2, -0.15) is 0 Å². The van der Waals surface area contributed by atoms with Gasteiger partial charge < -0.3 is 11.1 Å². The summed E-state index contributed by atoms with van der Waals surface area (Å²) in [4.78, 5) is 8.38. The van der Waals surface area contributed by atoms with Gasteiger partial charge in [-0.15, -0.1) is 0 Å². The third-order valence-corrected chi connectivity index (χ3v) is 3.77. The largest absolute Gasteiger partial charge is 0.388 e. The van der Waals surface area contributed by atoms with Gasteiger partial charge in [0, 0.05) is 18.9 Å². The summed E-state index contributed by atoms with van der Waals surface area (Å²) in [6.07, 6.45) is 3.02. The van der Waals surface area contributed by atoms with E-state index in [0.717, 1.165) is 5.56 Å². The zero-order valence-corrected chi connectivity index (χ0v) is 12.5. The van der Waals surface area contributed by atoms with Gasteiger partial charge in [0.25, 0.3) is 0 Å². The van der Waals surface area contributed by atoms with E-state index in [4.69, 9.17) is 23.1 Å². The lowest BCUT2D eigenvalue weighted by atomic mass is 10.2. The van der Waals surface area contributed by atoms with Gasteiger partial charge in [0.2, 0.25) is 10.0 Å². The van der Waals surface area contributed by atoms with Crippen molar-refractivity contribution in [2.75, 3.05) is 5.32 Å². The number of benzene rings is 1. The summed E-state index contributed by atoms with van der Waals surface area (Å²) in [6, 6.07) is 6.20. The smallest absolute Gasteiger partial charge is 0.238 e. The second kappa shape index (κ2) is 6.12. The number of nitrogens with two attached hydrogens (primary N) is 2. The van der Waals surface area contributed by atoms with E-state index in [1.165, 1.54) is 24.5 Å². The summed E-state index contributed by atoms with van der Waals surface area (Å²) in [6.45, 7) is 0.416. The first kappa shape index (κ1) is 15.3. The number of anilines is 1. The molecule has 0 unspecified atom stereocenters. The highest BCUT2D eigenvalue weighted by Gasteiger charge is 2.09. The molecule has 5 N–H and O–H groups in total. The van der Waals surface area contributed by atoms with Gasteiger partial charge in [-0.05, 0) is 17.7 Å². The maximum Gasteiger partial charge on any atom is 0.238 e. The van der Waals surface area contributed by atoms with Crippen molar-refractivity contribution in [1.29, 1.82) is 0 Å². The molecule has 0 aliphatic carbocycles. The SMILES string of the molecule is NC(=S)c1nccnc1NCc1ccc(S(N)(=O)=O)cc1. The molecule has 7 nitrogen and oxygen atoms in total. The van der Waals surface area contributed by atoms with Crippen LogP contribution in [0.2, 0.25) is 0 Å². The van der Waals surface area contributed by atoms with Crippen molar-refractivity contribution >= 4 is 33.0 Å². The average Bonchev–Trinajstić information content (AvgIpc) is 2.45. The van der Waals surface area contributed by atoms with E-state index in [2.05, 4.69) is 15.3 Å². The Morgan fingerprint density at radius 1 is 1.19 bits per heavy atom. The molecular formula is C12H13N5O2S2. The lowest BCUT2D eigenvalue weighted by Gasteiger charge is -2.09. The minimum atomic E-state index is -3.68. The summed E-state index contributed by atoms with van der Waals surface area (Å²) in [7, 11) is -3.68. The van der Waals surface area contributed by atoms with Crippen LogP contribution < -0.4 is 16.2 Å². The van der Waals surface area contributed by atoms with Crippen molar-refractivity contribution in [2.24, 2.45) is 10.9 Å². The molecule has 1 heterocycles. The highest BCUT2D eigenvalue weighted by atomic mass is 32.2. The maximum absolute atomic E-state index is 11.2. The van der Waals surface area contributed by atoms with E-state index in [9.17, 15) is 8.42 Å². The summed E-state index contributed by atoms with van der Waals surface area (Å²) >= 11 is 4.89. The van der Waals surface area contributed by atoms with Crippen LogP contribution in [0.5, 0.6) is 0 Å². The van der Waals surface area contributed by atoms with Crippen LogP contribution in [-0.4, -0.2) is 23.4 Å². The predicted molar refractivity (Wildman–Crippen MR) is 83.1 cm³/mol. The van der Waals surface area contributed by atoms with E-state index >= 15 is 0 Å². The first-order chi connectivity index (χ1) is 9.88. The van der Waals surface area contributed by atoms with Gasteiger partial charge in [0.1, 0.15) is 10.7 Å². The van der Waals surface area contributed by atoms with Crippen molar-refractivity contribution in [3.8, 4) is 0 Å². The molecule has 21 heavy (non-hydrogen) atoms. The Bertz CT molecular complexity index is 759. The number of rotatable bonds is 5. The van der Waals surface area contributed by atoms with Crippen LogP contribution in [0.3, 0.4) is 0 Å². The van der Waals surface area contributed by atoms with Crippen LogP contribution in [0.1, 0.15) is 11.3 Å². The van der Waals surface area contributed by atoms with Gasteiger partial charge >= 0.3 is 0 Å². The third-order valence-electron chi connectivity index (χ3n) is 2.64. The normalized spacial score (nSPS) is 11.1. The molecule has 0 atom stereocenters. The number of nitrogens with zero attached hydrogens (tertiary/aromatic N) is 2. The highest BCUT2D eigenvalue weighted by Crippen LogP contribution is 2.12. The Morgan fingerprint density at radius 3 is 2.38 bits per heavy atom. The standard InChI is InChI=1S/C12H13N5O2S2/c13-11(20)10-12(16-6-5-15-10)17-7-8-1-3-9(4-2-8)21(14,18)19/h1-6H,7H2,(H2,13,20)(H,16,17)(H2,14,18,19). The van der Waals surface area contributed by atoms with Crippen LogP contribution in [0, 0.1) is 0 Å². The summed E-state index contributed by atoms with van der Waals surface area (Å²) in [5.41, 5.74) is 6.82. The Morgan fingerprint density at radius 2 is 1.81 bits per heavy atom. The first-order valence-corrected chi connectivity index (χ1v) is 7.80. The van der Waals surface area contributed by atoms with Gasteiger partial charge in [0.15, 0.2) is 5.82 Å². The number of hydrogen-bond donors (Lipinski definition) is 3. The van der Waals surface area contributed by atoms with Gasteiger partial charge in [0.05, 0.1) is 4.90 Å². The zero-order chi connectivity index (χ0) is 15.5. The fourth-order valence-corrected chi connectivity index (χ4v) is 2.30. The molecule has 0 bridgehead atoms. The quantitative estimate of drug-likeness (QED) is 0.679. The van der Waals surface area contributed by atoms with E-state index in [-0.39, 0.29) is 9.88 Å². The monoisotopic (exact) mass is 323 g/mol. The fourth-order valence-electron chi connectivity index (χ4n) is 1.63. The first-order valence-electron chi connectivity index (χ1n) is 5.84. The highest BCUT2D eigenvalue weighted by molar-refractivity contribution is 7.89. The van der Waals surface area contributed by atoms with Gasteiger partial charge in [-0.3, -0.25) is 0 Å². The Kier molecular flexibility index (Phi) is 4.46. The van der Waals surface area contributed by atoms with Crippen LogP contribution in [0.4, 0.5) is 5.82 Å². The van der Waals surface area contributed by atoms with Crippen molar-refractivity contribution in [2.45, 2.75) is 11.4 Å². The van der Waals surface area contributed by atoms with Crippen molar-refractivity contribution in [1.82, 2.24) is 9.97 Å². The lowest BCUT2D eigenvalue weighted by Crippen LogP contribution is -2.16. The lowest BCUT2D eigenvalue weighted by molar-refractivity contribution is 0.598.